The van der Waals surface area contributed by atoms with Crippen LogP contribution in [0, 0.1) is 5.51 Å². The second-order valence-corrected chi connectivity index (χ2v) is 3.01. The van der Waals surface area contributed by atoms with Gasteiger partial charge in [-0.3, -0.25) is 4.98 Å². The summed E-state index contributed by atoms with van der Waals surface area (Å²) >= 11 is 2.76. The Morgan fingerprint density at radius 1 is 1.50 bits per heavy atom. The highest BCUT2D eigenvalue weighted by Crippen LogP contribution is 2.18. The summed E-state index contributed by atoms with van der Waals surface area (Å²) in [5, 5.41) is 0. The molecule has 0 spiro atoms. The maximum absolute atomic E-state index is 4.00. The molecule has 49 valence electrons. The molecule has 0 saturated heterocycles. The molecular weight excluding hydrogens is 166 g/mol. The Hall–Kier alpha value is -0.810. The first-order chi connectivity index (χ1) is 4.97. The van der Waals surface area contributed by atoms with E-state index in [1.165, 1.54) is 22.9 Å². The van der Waals surface area contributed by atoms with Crippen molar-refractivity contribution in [3.8, 4) is 10.7 Å². The molecule has 0 atom stereocenters. The number of thiazole rings is 1. The lowest BCUT2D eigenvalue weighted by atomic mass is 10.5. The summed E-state index contributed by atoms with van der Waals surface area (Å²) in [6.45, 7) is 0. The van der Waals surface area contributed by atoms with Gasteiger partial charge in [0.1, 0.15) is 0 Å². The molecule has 0 bridgehead atoms. The predicted octanol–water partition coefficient (Wildman–Crippen LogP) is 1.46. The molecule has 0 aliphatic heterocycles. The highest BCUT2D eigenvalue weighted by atomic mass is 32.1. The minimum Gasteiger partial charge on any atom is -0.252 e. The number of aromatic nitrogens is 3. The molecule has 5 heteroatoms. The summed E-state index contributed by atoms with van der Waals surface area (Å²) in [4.78, 5) is 8.82. The molecular formula is C5H2N3S2. The summed E-state index contributed by atoms with van der Waals surface area (Å²) in [5.74, 6) is 0.729. The van der Waals surface area contributed by atoms with Gasteiger partial charge in [0, 0.05) is 6.20 Å². The van der Waals surface area contributed by atoms with Gasteiger partial charge in [-0.1, -0.05) is 0 Å². The Kier molecular flexibility index (Phi) is 1.44. The molecule has 2 aromatic heterocycles. The van der Waals surface area contributed by atoms with Crippen molar-refractivity contribution in [1.82, 2.24) is 14.3 Å². The normalized spacial score (nSPS) is 10.0. The van der Waals surface area contributed by atoms with Gasteiger partial charge >= 0.3 is 0 Å². The predicted molar refractivity (Wildman–Crippen MR) is 39.9 cm³/mol. The fourth-order valence-corrected chi connectivity index (χ4v) is 1.58. The zero-order chi connectivity index (χ0) is 6.81. The number of hydrogen-bond donors (Lipinski definition) is 0. The first kappa shape index (κ1) is 5.94. The van der Waals surface area contributed by atoms with E-state index in [2.05, 4.69) is 19.9 Å². The van der Waals surface area contributed by atoms with Crippen LogP contribution in [-0.4, -0.2) is 14.3 Å². The Morgan fingerprint density at radius 3 is 3.10 bits per heavy atom. The van der Waals surface area contributed by atoms with E-state index in [4.69, 9.17) is 0 Å². The van der Waals surface area contributed by atoms with Gasteiger partial charge in [-0.2, -0.15) is 4.37 Å². The van der Waals surface area contributed by atoms with E-state index in [-0.39, 0.29) is 0 Å². The average Bonchev–Trinajstić information content (AvgIpc) is 2.59. The lowest BCUT2D eigenvalue weighted by molar-refractivity contribution is 1.32. The van der Waals surface area contributed by atoms with Gasteiger partial charge in [0.05, 0.1) is 10.4 Å². The van der Waals surface area contributed by atoms with Crippen LogP contribution in [0.25, 0.3) is 10.7 Å². The Labute approximate surface area is 65.6 Å². The van der Waals surface area contributed by atoms with Gasteiger partial charge < -0.3 is 0 Å². The molecule has 1 radical (unpaired) electrons. The minimum atomic E-state index is 0.729. The van der Waals surface area contributed by atoms with Crippen LogP contribution in [0.3, 0.4) is 0 Å². The van der Waals surface area contributed by atoms with E-state index in [1.54, 1.807) is 11.7 Å². The van der Waals surface area contributed by atoms with Crippen LogP contribution in [0.15, 0.2) is 11.7 Å². The lowest BCUT2D eigenvalue weighted by Crippen LogP contribution is -1.71. The monoisotopic (exact) mass is 168 g/mol. The maximum Gasteiger partial charge on any atom is 0.185 e. The van der Waals surface area contributed by atoms with Crippen LogP contribution in [0.4, 0.5) is 0 Å². The second kappa shape index (κ2) is 2.43. The van der Waals surface area contributed by atoms with Crippen molar-refractivity contribution in [3.63, 3.8) is 0 Å². The standard InChI is InChI=1S/C5H2N3S2/c1-4(9-2-6-1)5-7-3-10-8-5/h1-2H. The number of rotatable bonds is 1. The van der Waals surface area contributed by atoms with Gasteiger partial charge in [0.15, 0.2) is 11.3 Å². The third-order valence-electron chi connectivity index (χ3n) is 0.977. The Bertz CT molecular complexity index is 254. The minimum absolute atomic E-state index is 0.729. The van der Waals surface area contributed by atoms with Crippen LogP contribution in [0.5, 0.6) is 0 Å². The smallest absolute Gasteiger partial charge is 0.185 e. The van der Waals surface area contributed by atoms with E-state index in [1.807, 2.05) is 0 Å². The summed E-state index contributed by atoms with van der Waals surface area (Å²) in [6, 6.07) is 0. The zero-order valence-corrected chi connectivity index (χ0v) is 6.45. The first-order valence-electron chi connectivity index (χ1n) is 2.55. The molecule has 10 heavy (non-hydrogen) atoms. The molecule has 0 unspecified atom stereocenters. The topological polar surface area (TPSA) is 38.7 Å². The van der Waals surface area contributed by atoms with E-state index in [9.17, 15) is 0 Å². The van der Waals surface area contributed by atoms with Crippen LogP contribution in [-0.2, 0) is 0 Å². The van der Waals surface area contributed by atoms with Gasteiger partial charge in [0.2, 0.25) is 0 Å². The molecule has 0 aliphatic rings. The molecule has 2 heterocycles. The van der Waals surface area contributed by atoms with Gasteiger partial charge in [0.25, 0.3) is 0 Å². The van der Waals surface area contributed by atoms with Crippen molar-refractivity contribution in [2.75, 3.05) is 0 Å². The quantitative estimate of drug-likeness (QED) is 0.647. The van der Waals surface area contributed by atoms with Gasteiger partial charge in [-0.15, -0.1) is 11.3 Å². The van der Waals surface area contributed by atoms with Crippen molar-refractivity contribution in [2.24, 2.45) is 0 Å². The number of nitrogens with zero attached hydrogens (tertiary/aromatic N) is 3. The fourth-order valence-electron chi connectivity index (χ4n) is 0.574. The molecule has 2 rings (SSSR count). The van der Waals surface area contributed by atoms with E-state index >= 15 is 0 Å². The van der Waals surface area contributed by atoms with Crippen molar-refractivity contribution in [2.45, 2.75) is 0 Å². The van der Waals surface area contributed by atoms with Crippen molar-refractivity contribution in [1.29, 1.82) is 0 Å². The lowest BCUT2D eigenvalue weighted by Gasteiger charge is -1.80. The molecule has 3 nitrogen and oxygen atoms in total. The van der Waals surface area contributed by atoms with Crippen LogP contribution in [0.1, 0.15) is 0 Å². The Morgan fingerprint density at radius 2 is 2.50 bits per heavy atom. The van der Waals surface area contributed by atoms with Crippen molar-refractivity contribution in [3.05, 3.63) is 17.2 Å². The SMILES string of the molecule is [c]1nc(-c2cncs2)ns1. The third-order valence-corrected chi connectivity index (χ3v) is 2.18. The Balaban J connectivity index is 2.48. The first-order valence-corrected chi connectivity index (χ1v) is 4.21. The molecule has 0 fully saturated rings. The van der Waals surface area contributed by atoms with Crippen LogP contribution in [0.2, 0.25) is 0 Å². The molecule has 0 saturated carbocycles. The number of hydrogen-bond acceptors (Lipinski definition) is 5. The summed E-state index contributed by atoms with van der Waals surface area (Å²) in [6.07, 6.45) is 1.75. The molecule has 0 N–H and O–H groups in total. The molecule has 2 aromatic rings. The fraction of sp³-hybridized carbons (Fsp3) is 0. The molecule has 0 aromatic carbocycles. The zero-order valence-electron chi connectivity index (χ0n) is 4.81. The molecule has 0 amide bonds. The van der Waals surface area contributed by atoms with Gasteiger partial charge in [-0.05, 0) is 11.5 Å². The average molecular weight is 168 g/mol. The third kappa shape index (κ3) is 0.932. The van der Waals surface area contributed by atoms with Crippen molar-refractivity contribution < 1.29 is 0 Å². The maximum atomic E-state index is 4.00. The van der Waals surface area contributed by atoms with Gasteiger partial charge in [-0.25, -0.2) is 4.98 Å². The van der Waals surface area contributed by atoms with Crippen molar-refractivity contribution >= 4 is 22.9 Å². The largest absolute Gasteiger partial charge is 0.252 e. The highest BCUT2D eigenvalue weighted by molar-refractivity contribution is 7.13. The summed E-state index contributed by atoms with van der Waals surface area (Å²) in [5.41, 5.74) is 4.44. The second-order valence-electron chi connectivity index (χ2n) is 1.57. The summed E-state index contributed by atoms with van der Waals surface area (Å²) < 4.78 is 4.00. The molecule has 0 aliphatic carbocycles. The van der Waals surface area contributed by atoms with E-state index in [0.717, 1.165) is 10.7 Å². The summed E-state index contributed by atoms with van der Waals surface area (Å²) in [7, 11) is 0. The van der Waals surface area contributed by atoms with Crippen LogP contribution >= 0.6 is 22.9 Å². The van der Waals surface area contributed by atoms with Crippen LogP contribution < -0.4 is 0 Å². The van der Waals surface area contributed by atoms with E-state index < -0.39 is 0 Å². The van der Waals surface area contributed by atoms with E-state index in [0.29, 0.717) is 0 Å². The highest BCUT2D eigenvalue weighted by Gasteiger charge is 2.01.